The van der Waals surface area contributed by atoms with Crippen LogP contribution < -0.4 is 15.2 Å². The van der Waals surface area contributed by atoms with E-state index in [1.807, 2.05) is 19.9 Å². The van der Waals surface area contributed by atoms with Gasteiger partial charge in [-0.2, -0.15) is 13.2 Å². The van der Waals surface area contributed by atoms with Gasteiger partial charge in [0.05, 0.1) is 0 Å². The lowest BCUT2D eigenvalue weighted by Gasteiger charge is -2.21. The molecule has 2 rings (SSSR count). The number of rotatable bonds is 4. The van der Waals surface area contributed by atoms with Crippen LogP contribution in [0.5, 0.6) is 11.5 Å². The second-order valence-electron chi connectivity index (χ2n) is 5.57. The zero-order chi connectivity index (χ0) is 15.0. The minimum atomic E-state index is -4.35. The van der Waals surface area contributed by atoms with Crippen LogP contribution in [0.3, 0.4) is 0 Å². The molecule has 1 heterocycles. The molecular formula is C14H18F3NO2. The first-order valence-electron chi connectivity index (χ1n) is 6.43. The summed E-state index contributed by atoms with van der Waals surface area (Å²) in [4.78, 5) is 0. The SMILES string of the molecule is CC1(C)Cc2cccc(OCC(CN)C(F)(F)F)c2O1. The molecule has 0 amide bonds. The van der Waals surface area contributed by atoms with Gasteiger partial charge in [-0.3, -0.25) is 0 Å². The van der Waals surface area contributed by atoms with Gasteiger partial charge in [-0.15, -0.1) is 0 Å². The Balaban J connectivity index is 2.11. The summed E-state index contributed by atoms with van der Waals surface area (Å²) >= 11 is 0. The molecule has 0 aliphatic carbocycles. The fourth-order valence-electron chi connectivity index (χ4n) is 2.19. The third-order valence-electron chi connectivity index (χ3n) is 3.24. The molecule has 0 saturated carbocycles. The Morgan fingerprint density at radius 3 is 2.70 bits per heavy atom. The van der Waals surface area contributed by atoms with Crippen molar-refractivity contribution in [3.63, 3.8) is 0 Å². The summed E-state index contributed by atoms with van der Waals surface area (Å²) < 4.78 is 48.9. The first kappa shape index (κ1) is 15.0. The first-order chi connectivity index (χ1) is 9.23. The van der Waals surface area contributed by atoms with Gasteiger partial charge < -0.3 is 15.2 Å². The molecule has 0 bridgehead atoms. The average Bonchev–Trinajstić information content (AvgIpc) is 2.62. The molecule has 3 nitrogen and oxygen atoms in total. The molecule has 112 valence electrons. The van der Waals surface area contributed by atoms with E-state index >= 15 is 0 Å². The molecule has 0 spiro atoms. The standard InChI is InChI=1S/C14H18F3NO2/c1-13(2)6-9-4-3-5-11(12(9)20-13)19-8-10(7-18)14(15,16)17/h3-5,10H,6-8,18H2,1-2H3. The number of nitrogens with two attached hydrogens (primary N) is 1. The topological polar surface area (TPSA) is 44.5 Å². The molecule has 6 heteroatoms. The van der Waals surface area contributed by atoms with E-state index in [0.29, 0.717) is 17.9 Å². The minimum absolute atomic E-state index is 0.343. The van der Waals surface area contributed by atoms with Crippen molar-refractivity contribution in [2.45, 2.75) is 32.0 Å². The van der Waals surface area contributed by atoms with E-state index in [4.69, 9.17) is 15.2 Å². The van der Waals surface area contributed by atoms with Crippen LogP contribution in [-0.4, -0.2) is 24.9 Å². The number of halogens is 3. The lowest BCUT2D eigenvalue weighted by molar-refractivity contribution is -0.178. The Kier molecular flexibility index (Phi) is 3.86. The normalized spacial score (nSPS) is 18.3. The number of ether oxygens (including phenoxy) is 2. The number of fused-ring (bicyclic) bond motifs is 1. The number of para-hydroxylation sites is 1. The molecule has 1 aromatic rings. The van der Waals surface area contributed by atoms with E-state index in [9.17, 15) is 13.2 Å². The zero-order valence-electron chi connectivity index (χ0n) is 11.5. The van der Waals surface area contributed by atoms with E-state index < -0.39 is 25.2 Å². The Morgan fingerprint density at radius 2 is 2.10 bits per heavy atom. The highest BCUT2D eigenvalue weighted by molar-refractivity contribution is 5.50. The van der Waals surface area contributed by atoms with Crippen LogP contribution in [0.2, 0.25) is 0 Å². The Morgan fingerprint density at radius 1 is 1.40 bits per heavy atom. The third-order valence-corrected chi connectivity index (χ3v) is 3.24. The molecule has 2 N–H and O–H groups in total. The quantitative estimate of drug-likeness (QED) is 0.927. The fraction of sp³-hybridized carbons (Fsp3) is 0.571. The molecule has 0 aromatic heterocycles. The molecule has 0 saturated heterocycles. The molecule has 1 aliphatic rings. The van der Waals surface area contributed by atoms with Crippen LogP contribution in [0.4, 0.5) is 13.2 Å². The number of hydrogen-bond donors (Lipinski definition) is 1. The highest BCUT2D eigenvalue weighted by atomic mass is 19.4. The van der Waals surface area contributed by atoms with Gasteiger partial charge in [-0.05, 0) is 19.9 Å². The van der Waals surface area contributed by atoms with Crippen LogP contribution >= 0.6 is 0 Å². The summed E-state index contributed by atoms with van der Waals surface area (Å²) in [5.41, 5.74) is 5.73. The van der Waals surface area contributed by atoms with Gasteiger partial charge in [0.2, 0.25) is 0 Å². The summed E-state index contributed by atoms with van der Waals surface area (Å²) in [6, 6.07) is 5.26. The molecular weight excluding hydrogens is 271 g/mol. The highest BCUT2D eigenvalue weighted by Gasteiger charge is 2.39. The molecule has 1 atom stereocenters. The van der Waals surface area contributed by atoms with Crippen molar-refractivity contribution < 1.29 is 22.6 Å². The van der Waals surface area contributed by atoms with E-state index in [2.05, 4.69) is 0 Å². The van der Waals surface area contributed by atoms with Gasteiger partial charge in [-0.25, -0.2) is 0 Å². The molecule has 1 aromatic carbocycles. The monoisotopic (exact) mass is 289 g/mol. The molecule has 1 unspecified atom stereocenters. The van der Waals surface area contributed by atoms with Crippen molar-refractivity contribution in [1.82, 2.24) is 0 Å². The van der Waals surface area contributed by atoms with E-state index in [1.54, 1.807) is 12.1 Å². The predicted octanol–water partition coefficient (Wildman–Crippen LogP) is 2.92. The maximum Gasteiger partial charge on any atom is 0.396 e. The molecule has 20 heavy (non-hydrogen) atoms. The zero-order valence-corrected chi connectivity index (χ0v) is 11.5. The maximum absolute atomic E-state index is 12.6. The van der Waals surface area contributed by atoms with Gasteiger partial charge in [0.1, 0.15) is 18.1 Å². The van der Waals surface area contributed by atoms with E-state index in [1.165, 1.54) is 0 Å². The second kappa shape index (κ2) is 5.16. The highest BCUT2D eigenvalue weighted by Crippen LogP contribution is 2.42. The number of hydrogen-bond acceptors (Lipinski definition) is 3. The summed E-state index contributed by atoms with van der Waals surface area (Å²) in [5, 5.41) is 0. The van der Waals surface area contributed by atoms with Crippen molar-refractivity contribution in [1.29, 1.82) is 0 Å². The van der Waals surface area contributed by atoms with Gasteiger partial charge >= 0.3 is 6.18 Å². The van der Waals surface area contributed by atoms with E-state index in [-0.39, 0.29) is 5.60 Å². The van der Waals surface area contributed by atoms with Gasteiger partial charge in [0.25, 0.3) is 0 Å². The molecule has 0 fully saturated rings. The largest absolute Gasteiger partial charge is 0.489 e. The lowest BCUT2D eigenvalue weighted by Crippen LogP contribution is -2.35. The first-order valence-corrected chi connectivity index (χ1v) is 6.43. The Hall–Kier alpha value is -1.43. The predicted molar refractivity (Wildman–Crippen MR) is 68.9 cm³/mol. The molecule has 0 radical (unpaired) electrons. The van der Waals surface area contributed by atoms with Gasteiger partial charge in [0.15, 0.2) is 11.5 Å². The Bertz CT molecular complexity index is 486. The van der Waals surface area contributed by atoms with Crippen molar-refractivity contribution in [3.8, 4) is 11.5 Å². The second-order valence-corrected chi connectivity index (χ2v) is 5.57. The van der Waals surface area contributed by atoms with Crippen LogP contribution in [-0.2, 0) is 6.42 Å². The maximum atomic E-state index is 12.6. The lowest BCUT2D eigenvalue weighted by atomic mass is 10.0. The third kappa shape index (κ3) is 3.17. The van der Waals surface area contributed by atoms with Crippen LogP contribution in [0.15, 0.2) is 18.2 Å². The number of alkyl halides is 3. The minimum Gasteiger partial charge on any atom is -0.489 e. The summed E-state index contributed by atoms with van der Waals surface area (Å²) in [7, 11) is 0. The van der Waals surface area contributed by atoms with Crippen molar-refractivity contribution >= 4 is 0 Å². The van der Waals surface area contributed by atoms with E-state index in [0.717, 1.165) is 5.56 Å². The Labute approximate surface area is 115 Å². The van der Waals surface area contributed by atoms with Crippen LogP contribution in [0.25, 0.3) is 0 Å². The summed E-state index contributed by atoms with van der Waals surface area (Å²) in [6.45, 7) is 2.86. The van der Waals surface area contributed by atoms with Crippen molar-refractivity contribution in [3.05, 3.63) is 23.8 Å². The summed E-state index contributed by atoms with van der Waals surface area (Å²) in [5.74, 6) is -0.793. The molecule has 1 aliphatic heterocycles. The smallest absolute Gasteiger partial charge is 0.396 e. The van der Waals surface area contributed by atoms with Gasteiger partial charge in [-0.1, -0.05) is 12.1 Å². The van der Waals surface area contributed by atoms with Crippen LogP contribution in [0.1, 0.15) is 19.4 Å². The fourth-order valence-corrected chi connectivity index (χ4v) is 2.19. The van der Waals surface area contributed by atoms with Crippen LogP contribution in [0, 0.1) is 5.92 Å². The van der Waals surface area contributed by atoms with Gasteiger partial charge in [0, 0.05) is 18.5 Å². The number of benzene rings is 1. The van der Waals surface area contributed by atoms with Crippen molar-refractivity contribution in [2.24, 2.45) is 11.7 Å². The van der Waals surface area contributed by atoms with Crippen molar-refractivity contribution in [2.75, 3.05) is 13.2 Å². The average molecular weight is 289 g/mol. The summed E-state index contributed by atoms with van der Waals surface area (Å²) in [6.07, 6.45) is -3.65.